The average Bonchev–Trinajstić information content (AvgIpc) is 3.04. The number of carbonyl (C=O) groups excluding carboxylic acids is 3. The molecule has 5 nitrogen and oxygen atoms in total. The van der Waals surface area contributed by atoms with E-state index in [-0.39, 0.29) is 18.5 Å². The van der Waals surface area contributed by atoms with Gasteiger partial charge in [-0.25, -0.2) is 0 Å². The Balaban J connectivity index is 1.60. The minimum atomic E-state index is -0.399. The van der Waals surface area contributed by atoms with Crippen molar-refractivity contribution in [2.45, 2.75) is 19.4 Å². The van der Waals surface area contributed by atoms with Crippen LogP contribution in [0.5, 0.6) is 0 Å². The van der Waals surface area contributed by atoms with Gasteiger partial charge in [0, 0.05) is 11.7 Å². The molecule has 0 aliphatic carbocycles. The number of carbonyl (C=O) groups is 3. The molecular weight excluding hydrogens is 304 g/mol. The van der Waals surface area contributed by atoms with E-state index < -0.39 is 11.8 Å². The van der Waals surface area contributed by atoms with E-state index in [0.29, 0.717) is 11.1 Å². The Kier molecular flexibility index (Phi) is 3.23. The van der Waals surface area contributed by atoms with Crippen molar-refractivity contribution in [3.05, 3.63) is 65.2 Å². The number of imide groups is 1. The highest BCUT2D eigenvalue weighted by molar-refractivity contribution is 6.22. The van der Waals surface area contributed by atoms with E-state index in [1.165, 1.54) is 0 Å². The molecule has 4 rings (SSSR count). The van der Waals surface area contributed by atoms with Gasteiger partial charge in [-0.2, -0.15) is 0 Å². The monoisotopic (exact) mass is 320 g/mol. The maximum absolute atomic E-state index is 12.8. The Hall–Kier alpha value is -2.95. The van der Waals surface area contributed by atoms with Gasteiger partial charge < -0.3 is 4.90 Å². The van der Waals surface area contributed by atoms with Gasteiger partial charge in [0.2, 0.25) is 5.91 Å². The first-order valence-corrected chi connectivity index (χ1v) is 7.93. The minimum absolute atomic E-state index is 0.0186. The topological polar surface area (TPSA) is 57.7 Å². The Bertz CT molecular complexity index is 839. The van der Waals surface area contributed by atoms with Crippen molar-refractivity contribution < 1.29 is 14.4 Å². The SMILES string of the molecule is C[C@H]1Cc2ccccc2N1C(=O)CN1C(=O)c2ccccc2C1=O. The first-order chi connectivity index (χ1) is 11.6. The number of hydrogen-bond acceptors (Lipinski definition) is 3. The van der Waals surface area contributed by atoms with Crippen molar-refractivity contribution in [3.8, 4) is 0 Å². The standard InChI is InChI=1S/C19H16N2O3/c1-12-10-13-6-2-5-9-16(13)21(12)17(22)11-20-18(23)14-7-3-4-8-15(14)19(20)24/h2-9,12H,10-11H2,1H3/t12-/m0/s1. The minimum Gasteiger partial charge on any atom is -0.307 e. The third-order valence-electron chi connectivity index (χ3n) is 4.65. The summed E-state index contributed by atoms with van der Waals surface area (Å²) in [5.41, 5.74) is 2.71. The van der Waals surface area contributed by atoms with Gasteiger partial charge in [0.25, 0.3) is 11.8 Å². The van der Waals surface area contributed by atoms with E-state index in [4.69, 9.17) is 0 Å². The molecule has 0 radical (unpaired) electrons. The third kappa shape index (κ3) is 2.05. The molecule has 0 saturated heterocycles. The molecule has 0 spiro atoms. The molecule has 1 atom stereocenters. The highest BCUT2D eigenvalue weighted by Crippen LogP contribution is 2.32. The van der Waals surface area contributed by atoms with Crippen molar-refractivity contribution in [1.82, 2.24) is 4.90 Å². The van der Waals surface area contributed by atoms with E-state index in [9.17, 15) is 14.4 Å². The average molecular weight is 320 g/mol. The van der Waals surface area contributed by atoms with Gasteiger partial charge in [0.15, 0.2) is 0 Å². The first-order valence-electron chi connectivity index (χ1n) is 7.93. The molecule has 2 aliphatic heterocycles. The van der Waals surface area contributed by atoms with E-state index in [1.807, 2.05) is 31.2 Å². The Labute approximate surface area is 139 Å². The summed E-state index contributed by atoms with van der Waals surface area (Å²) in [5, 5.41) is 0. The molecule has 2 aromatic carbocycles. The second-order valence-electron chi connectivity index (χ2n) is 6.19. The maximum Gasteiger partial charge on any atom is 0.262 e. The van der Waals surface area contributed by atoms with Gasteiger partial charge in [-0.1, -0.05) is 30.3 Å². The quantitative estimate of drug-likeness (QED) is 0.798. The third-order valence-corrected chi connectivity index (χ3v) is 4.65. The Morgan fingerprint density at radius 3 is 2.25 bits per heavy atom. The van der Waals surface area contributed by atoms with Gasteiger partial charge >= 0.3 is 0 Å². The normalized spacial score (nSPS) is 18.8. The van der Waals surface area contributed by atoms with Crippen LogP contribution < -0.4 is 4.90 Å². The van der Waals surface area contributed by atoms with E-state index >= 15 is 0 Å². The summed E-state index contributed by atoms with van der Waals surface area (Å²) in [6.45, 7) is 1.74. The van der Waals surface area contributed by atoms with Crippen molar-refractivity contribution in [3.63, 3.8) is 0 Å². The first kappa shape index (κ1) is 14.6. The van der Waals surface area contributed by atoms with Gasteiger partial charge in [-0.05, 0) is 37.1 Å². The summed E-state index contributed by atoms with van der Waals surface area (Å²) in [6, 6.07) is 14.4. The van der Waals surface area contributed by atoms with Crippen LogP contribution in [0.25, 0.3) is 0 Å². The summed E-state index contributed by atoms with van der Waals surface area (Å²) in [5.74, 6) is -1.03. The Morgan fingerprint density at radius 2 is 1.58 bits per heavy atom. The van der Waals surface area contributed by atoms with Crippen molar-refractivity contribution >= 4 is 23.4 Å². The molecule has 3 amide bonds. The highest BCUT2D eigenvalue weighted by Gasteiger charge is 2.39. The van der Waals surface area contributed by atoms with E-state index in [2.05, 4.69) is 0 Å². The number of hydrogen-bond donors (Lipinski definition) is 0. The van der Waals surface area contributed by atoms with Crippen LogP contribution >= 0.6 is 0 Å². The van der Waals surface area contributed by atoms with Crippen LogP contribution in [0.1, 0.15) is 33.2 Å². The fraction of sp³-hybridized carbons (Fsp3) is 0.211. The second-order valence-corrected chi connectivity index (χ2v) is 6.19. The number of rotatable bonds is 2. The molecule has 0 bridgehead atoms. The van der Waals surface area contributed by atoms with Crippen molar-refractivity contribution in [1.29, 1.82) is 0 Å². The maximum atomic E-state index is 12.8. The van der Waals surface area contributed by atoms with Gasteiger partial charge in [0.05, 0.1) is 11.1 Å². The van der Waals surface area contributed by atoms with Gasteiger partial charge in [0.1, 0.15) is 6.54 Å². The number of anilines is 1. The molecule has 2 heterocycles. The zero-order valence-corrected chi connectivity index (χ0v) is 13.2. The zero-order chi connectivity index (χ0) is 16.8. The van der Waals surface area contributed by atoms with Crippen LogP contribution in [0.3, 0.4) is 0 Å². The van der Waals surface area contributed by atoms with Crippen LogP contribution in [-0.4, -0.2) is 35.2 Å². The molecule has 120 valence electrons. The second kappa shape index (κ2) is 5.30. The summed E-state index contributed by atoms with van der Waals surface area (Å²) < 4.78 is 0. The summed E-state index contributed by atoms with van der Waals surface area (Å²) in [4.78, 5) is 40.4. The molecular formula is C19H16N2O3. The van der Waals surface area contributed by atoms with E-state index in [0.717, 1.165) is 22.6 Å². The number of amides is 3. The van der Waals surface area contributed by atoms with Crippen molar-refractivity contribution in [2.75, 3.05) is 11.4 Å². The lowest BCUT2D eigenvalue weighted by atomic mass is 10.1. The lowest BCUT2D eigenvalue weighted by Crippen LogP contribution is -2.45. The van der Waals surface area contributed by atoms with Crippen LogP contribution in [0.15, 0.2) is 48.5 Å². The summed E-state index contributed by atoms with van der Waals surface area (Å²) >= 11 is 0. The molecule has 24 heavy (non-hydrogen) atoms. The molecule has 2 aliphatic rings. The summed E-state index contributed by atoms with van der Waals surface area (Å²) in [6.07, 6.45) is 0.782. The van der Waals surface area contributed by atoms with Crippen LogP contribution in [0.2, 0.25) is 0 Å². The molecule has 0 N–H and O–H groups in total. The molecule has 2 aromatic rings. The van der Waals surface area contributed by atoms with Crippen LogP contribution in [0.4, 0.5) is 5.69 Å². The summed E-state index contributed by atoms with van der Waals surface area (Å²) in [7, 11) is 0. The number of para-hydroxylation sites is 1. The van der Waals surface area contributed by atoms with E-state index in [1.54, 1.807) is 29.2 Å². The number of fused-ring (bicyclic) bond motifs is 2. The lowest BCUT2D eigenvalue weighted by molar-refractivity contribution is -0.119. The highest BCUT2D eigenvalue weighted by atomic mass is 16.2. The predicted molar refractivity (Wildman–Crippen MR) is 88.9 cm³/mol. The Morgan fingerprint density at radius 1 is 1.00 bits per heavy atom. The smallest absolute Gasteiger partial charge is 0.262 e. The molecule has 0 unspecified atom stereocenters. The van der Waals surface area contributed by atoms with Crippen molar-refractivity contribution in [2.24, 2.45) is 0 Å². The zero-order valence-electron chi connectivity index (χ0n) is 13.2. The van der Waals surface area contributed by atoms with Crippen LogP contribution in [-0.2, 0) is 11.2 Å². The lowest BCUT2D eigenvalue weighted by Gasteiger charge is -2.25. The fourth-order valence-electron chi connectivity index (χ4n) is 3.54. The number of nitrogens with zero attached hydrogens (tertiary/aromatic N) is 2. The molecule has 0 aromatic heterocycles. The molecule has 5 heteroatoms. The fourth-order valence-corrected chi connectivity index (χ4v) is 3.54. The largest absolute Gasteiger partial charge is 0.307 e. The van der Waals surface area contributed by atoms with Crippen LogP contribution in [0, 0.1) is 0 Å². The molecule has 0 saturated carbocycles. The molecule has 0 fully saturated rings. The van der Waals surface area contributed by atoms with Gasteiger partial charge in [-0.3, -0.25) is 19.3 Å². The van der Waals surface area contributed by atoms with Gasteiger partial charge in [-0.15, -0.1) is 0 Å². The predicted octanol–water partition coefficient (Wildman–Crippen LogP) is 2.26. The number of benzene rings is 2.